The fourth-order valence-corrected chi connectivity index (χ4v) is 1.35. The molecule has 0 fully saturated rings. The Labute approximate surface area is 79.9 Å². The molecule has 2 rings (SSSR count). The second-order valence-corrected chi connectivity index (χ2v) is 2.89. The van der Waals surface area contributed by atoms with Gasteiger partial charge < -0.3 is 10.5 Å². The van der Waals surface area contributed by atoms with E-state index in [2.05, 4.69) is 14.9 Å². The number of anilines is 1. The number of aromatic amines is 1. The number of carbonyl (C=O) groups excluding carboxylic acids is 1. The van der Waals surface area contributed by atoms with Crippen molar-refractivity contribution in [3.63, 3.8) is 0 Å². The number of nitrogens with one attached hydrogen (secondary N) is 1. The van der Waals surface area contributed by atoms with Gasteiger partial charge in [0.2, 0.25) is 0 Å². The lowest BCUT2D eigenvalue weighted by Crippen LogP contribution is -2.03. The molecular formula is C9H9N3O2. The van der Waals surface area contributed by atoms with E-state index in [4.69, 9.17) is 5.73 Å². The summed E-state index contributed by atoms with van der Waals surface area (Å²) in [5, 5.41) is 7.35. The zero-order chi connectivity index (χ0) is 10.1. The van der Waals surface area contributed by atoms with Gasteiger partial charge in [0.25, 0.3) is 0 Å². The average Bonchev–Trinajstić information content (AvgIpc) is 2.62. The Morgan fingerprint density at radius 2 is 2.36 bits per heavy atom. The maximum absolute atomic E-state index is 11.4. The van der Waals surface area contributed by atoms with Crippen molar-refractivity contribution >= 4 is 22.6 Å². The molecule has 0 saturated carbocycles. The molecule has 2 aromatic rings. The van der Waals surface area contributed by atoms with Crippen LogP contribution in [-0.4, -0.2) is 23.3 Å². The molecule has 0 aliphatic heterocycles. The van der Waals surface area contributed by atoms with E-state index in [1.807, 2.05) is 0 Å². The van der Waals surface area contributed by atoms with Crippen LogP contribution in [0.2, 0.25) is 0 Å². The summed E-state index contributed by atoms with van der Waals surface area (Å²) >= 11 is 0. The summed E-state index contributed by atoms with van der Waals surface area (Å²) < 4.78 is 4.63. The topological polar surface area (TPSA) is 81.0 Å². The normalized spacial score (nSPS) is 10.4. The van der Waals surface area contributed by atoms with Gasteiger partial charge in [0, 0.05) is 11.1 Å². The van der Waals surface area contributed by atoms with Gasteiger partial charge in [0.1, 0.15) is 0 Å². The first kappa shape index (κ1) is 8.55. The highest BCUT2D eigenvalue weighted by Crippen LogP contribution is 2.20. The summed E-state index contributed by atoms with van der Waals surface area (Å²) in [7, 11) is 1.33. The lowest BCUT2D eigenvalue weighted by molar-refractivity contribution is 0.0603. The Balaban J connectivity index is 2.72. The van der Waals surface area contributed by atoms with Gasteiger partial charge in [-0.25, -0.2) is 4.79 Å². The maximum atomic E-state index is 11.4. The summed E-state index contributed by atoms with van der Waals surface area (Å²) in [4.78, 5) is 11.4. The number of aromatic nitrogens is 2. The smallest absolute Gasteiger partial charge is 0.340 e. The van der Waals surface area contributed by atoms with E-state index in [1.165, 1.54) is 7.11 Å². The minimum Gasteiger partial charge on any atom is -0.465 e. The highest BCUT2D eigenvalue weighted by atomic mass is 16.5. The zero-order valence-electron chi connectivity index (χ0n) is 7.57. The number of benzene rings is 1. The molecule has 1 aromatic heterocycles. The van der Waals surface area contributed by atoms with Crippen LogP contribution in [0.3, 0.4) is 0 Å². The molecule has 0 unspecified atom stereocenters. The van der Waals surface area contributed by atoms with Crippen LogP contribution in [0.15, 0.2) is 18.3 Å². The number of hydrogen-bond donors (Lipinski definition) is 2. The number of esters is 1. The van der Waals surface area contributed by atoms with Crippen molar-refractivity contribution in [2.45, 2.75) is 0 Å². The Morgan fingerprint density at radius 1 is 1.57 bits per heavy atom. The fourth-order valence-electron chi connectivity index (χ4n) is 1.35. The van der Waals surface area contributed by atoms with E-state index >= 15 is 0 Å². The van der Waals surface area contributed by atoms with Gasteiger partial charge >= 0.3 is 5.97 Å². The first-order valence-corrected chi connectivity index (χ1v) is 4.03. The van der Waals surface area contributed by atoms with Crippen LogP contribution >= 0.6 is 0 Å². The molecule has 0 amide bonds. The van der Waals surface area contributed by atoms with Gasteiger partial charge in [-0.05, 0) is 12.1 Å². The van der Waals surface area contributed by atoms with Crippen LogP contribution in [0, 0.1) is 0 Å². The molecule has 14 heavy (non-hydrogen) atoms. The molecule has 0 saturated heterocycles. The largest absolute Gasteiger partial charge is 0.465 e. The molecule has 1 aromatic carbocycles. The van der Waals surface area contributed by atoms with Gasteiger partial charge in [-0.15, -0.1) is 0 Å². The second-order valence-electron chi connectivity index (χ2n) is 2.89. The van der Waals surface area contributed by atoms with E-state index in [0.717, 1.165) is 5.39 Å². The number of carbonyl (C=O) groups is 1. The van der Waals surface area contributed by atoms with Crippen LogP contribution in [0.25, 0.3) is 10.9 Å². The van der Waals surface area contributed by atoms with Crippen LogP contribution in [0.4, 0.5) is 5.69 Å². The van der Waals surface area contributed by atoms with E-state index in [0.29, 0.717) is 16.8 Å². The van der Waals surface area contributed by atoms with Gasteiger partial charge in [-0.1, -0.05) is 0 Å². The van der Waals surface area contributed by atoms with Crippen LogP contribution in [0.1, 0.15) is 10.4 Å². The number of nitrogen functional groups attached to an aromatic ring is 1. The van der Waals surface area contributed by atoms with Gasteiger partial charge in [-0.3, -0.25) is 5.10 Å². The summed E-state index contributed by atoms with van der Waals surface area (Å²) in [6, 6.07) is 3.30. The third-order valence-corrected chi connectivity index (χ3v) is 1.98. The predicted octanol–water partition coefficient (Wildman–Crippen LogP) is 0.932. The summed E-state index contributed by atoms with van der Waals surface area (Å²) in [5.74, 6) is -0.424. The van der Waals surface area contributed by atoms with E-state index < -0.39 is 5.97 Å². The lowest BCUT2D eigenvalue weighted by atomic mass is 10.1. The Bertz CT molecular complexity index is 490. The molecule has 0 radical (unpaired) electrons. The minimum absolute atomic E-state index is 0.403. The van der Waals surface area contributed by atoms with Crippen molar-refractivity contribution in [3.05, 3.63) is 23.9 Å². The number of hydrogen-bond acceptors (Lipinski definition) is 4. The molecule has 0 aliphatic carbocycles. The molecule has 72 valence electrons. The average molecular weight is 191 g/mol. The van der Waals surface area contributed by atoms with Gasteiger partial charge in [0.15, 0.2) is 0 Å². The molecule has 3 N–H and O–H groups in total. The van der Waals surface area contributed by atoms with E-state index in [1.54, 1.807) is 18.3 Å². The Hall–Kier alpha value is -2.04. The molecule has 0 atom stereocenters. The number of methoxy groups -OCH3 is 1. The number of ether oxygens (including phenoxy) is 1. The van der Waals surface area contributed by atoms with E-state index in [-0.39, 0.29) is 0 Å². The fraction of sp³-hybridized carbons (Fsp3) is 0.111. The van der Waals surface area contributed by atoms with Crippen LogP contribution in [-0.2, 0) is 4.74 Å². The first-order valence-electron chi connectivity index (χ1n) is 4.03. The number of H-pyrrole nitrogens is 1. The summed E-state index contributed by atoms with van der Waals surface area (Å²) in [6.45, 7) is 0. The van der Waals surface area contributed by atoms with Crippen molar-refractivity contribution in [1.29, 1.82) is 0 Å². The molecular weight excluding hydrogens is 182 g/mol. The summed E-state index contributed by atoms with van der Waals surface area (Å²) in [5.41, 5.74) is 7.19. The third-order valence-electron chi connectivity index (χ3n) is 1.98. The van der Waals surface area contributed by atoms with Crippen molar-refractivity contribution in [2.75, 3.05) is 12.8 Å². The van der Waals surface area contributed by atoms with E-state index in [9.17, 15) is 4.79 Å². The number of fused-ring (bicyclic) bond motifs is 1. The van der Waals surface area contributed by atoms with Crippen molar-refractivity contribution in [2.24, 2.45) is 0 Å². The zero-order valence-corrected chi connectivity index (χ0v) is 7.57. The number of rotatable bonds is 1. The second kappa shape index (κ2) is 3.02. The van der Waals surface area contributed by atoms with Crippen LogP contribution in [0.5, 0.6) is 0 Å². The lowest BCUT2D eigenvalue weighted by Gasteiger charge is -2.01. The monoisotopic (exact) mass is 191 g/mol. The third kappa shape index (κ3) is 1.19. The van der Waals surface area contributed by atoms with Crippen molar-refractivity contribution in [3.8, 4) is 0 Å². The number of nitrogens with zero attached hydrogens (tertiary/aromatic N) is 1. The Kier molecular flexibility index (Phi) is 1.85. The summed E-state index contributed by atoms with van der Waals surface area (Å²) in [6.07, 6.45) is 1.61. The Morgan fingerprint density at radius 3 is 3.07 bits per heavy atom. The molecule has 5 heteroatoms. The maximum Gasteiger partial charge on any atom is 0.340 e. The predicted molar refractivity (Wildman–Crippen MR) is 51.8 cm³/mol. The standard InChI is InChI=1S/C9H9N3O2/c1-14-9(13)7-3-6(10)2-5-4-11-12-8(5)7/h2-4H,10H2,1H3,(H,11,12). The van der Waals surface area contributed by atoms with Crippen molar-refractivity contribution in [1.82, 2.24) is 10.2 Å². The van der Waals surface area contributed by atoms with Gasteiger partial charge in [-0.2, -0.15) is 5.10 Å². The highest BCUT2D eigenvalue weighted by molar-refractivity contribution is 6.04. The minimum atomic E-state index is -0.424. The number of nitrogens with two attached hydrogens (primary N) is 1. The molecule has 5 nitrogen and oxygen atoms in total. The highest BCUT2D eigenvalue weighted by Gasteiger charge is 2.12. The molecule has 0 bridgehead atoms. The molecule has 0 spiro atoms. The van der Waals surface area contributed by atoms with Gasteiger partial charge in [0.05, 0.1) is 24.4 Å². The molecule has 1 heterocycles. The quantitative estimate of drug-likeness (QED) is 0.519. The van der Waals surface area contributed by atoms with Crippen LogP contribution < -0.4 is 5.73 Å². The van der Waals surface area contributed by atoms with Crippen molar-refractivity contribution < 1.29 is 9.53 Å². The first-order chi connectivity index (χ1) is 6.72. The molecule has 0 aliphatic rings. The SMILES string of the molecule is COC(=O)c1cc(N)cc2cn[nH]c12.